The second-order valence-electron chi connectivity index (χ2n) is 6.15. The molecule has 0 aliphatic heterocycles. The zero-order chi connectivity index (χ0) is 22.5. The Labute approximate surface area is 172 Å². The largest absolute Gasteiger partial charge is 0.462 e. The molecule has 0 aromatic rings. The summed E-state index contributed by atoms with van der Waals surface area (Å²) in [5.41, 5.74) is -0.837. The topological polar surface area (TPSA) is 119 Å². The van der Waals surface area contributed by atoms with Gasteiger partial charge in [-0.25, -0.2) is 14.4 Å². The number of unbranched alkanes of at least 4 members (excludes halogenated alkanes) is 3. The van der Waals surface area contributed by atoms with Crippen LogP contribution in [0, 0.1) is 5.41 Å². The van der Waals surface area contributed by atoms with Gasteiger partial charge in [0.15, 0.2) is 0 Å². The lowest BCUT2D eigenvalue weighted by atomic mass is 9.88. The van der Waals surface area contributed by atoms with Crippen LogP contribution < -0.4 is 0 Å². The Balaban J connectivity index is 0. The van der Waals surface area contributed by atoms with E-state index in [-0.39, 0.29) is 33.0 Å². The number of aliphatic hydroxyl groups is 2. The number of hydrogen-bond donors (Lipinski definition) is 2. The van der Waals surface area contributed by atoms with E-state index in [0.717, 1.165) is 43.9 Å². The summed E-state index contributed by atoms with van der Waals surface area (Å²) in [6.45, 7) is 12.0. The SMILES string of the molecule is C=CC(=O)OCC(CC)(COC(=O)C=C)COC(=O)C=C.OCCCCCCO. The average Bonchev–Trinajstić information content (AvgIpc) is 2.76. The molecule has 0 atom stereocenters. The Hall–Kier alpha value is -2.45. The van der Waals surface area contributed by atoms with Gasteiger partial charge in [0, 0.05) is 31.4 Å². The van der Waals surface area contributed by atoms with Crippen LogP contribution in [0.25, 0.3) is 0 Å². The van der Waals surface area contributed by atoms with Crippen LogP contribution in [0.5, 0.6) is 0 Å². The average molecular weight is 414 g/mol. The van der Waals surface area contributed by atoms with Crippen LogP contribution in [0.15, 0.2) is 38.0 Å². The highest BCUT2D eigenvalue weighted by Gasteiger charge is 2.33. The summed E-state index contributed by atoms with van der Waals surface area (Å²) in [5, 5.41) is 16.6. The molecule has 8 heteroatoms. The minimum absolute atomic E-state index is 0.0802. The Morgan fingerprint density at radius 3 is 1.24 bits per heavy atom. The predicted molar refractivity (Wildman–Crippen MR) is 109 cm³/mol. The first-order chi connectivity index (χ1) is 13.8. The van der Waals surface area contributed by atoms with Crippen LogP contribution in [0.4, 0.5) is 0 Å². The molecule has 166 valence electrons. The number of esters is 3. The normalized spacial score (nSPS) is 10.0. The van der Waals surface area contributed by atoms with Gasteiger partial charge in [0.25, 0.3) is 0 Å². The van der Waals surface area contributed by atoms with Crippen LogP contribution >= 0.6 is 0 Å². The number of hydrogen-bond acceptors (Lipinski definition) is 8. The zero-order valence-corrected chi connectivity index (χ0v) is 17.3. The van der Waals surface area contributed by atoms with E-state index >= 15 is 0 Å². The van der Waals surface area contributed by atoms with Crippen LogP contribution in [0.1, 0.15) is 39.0 Å². The second kappa shape index (κ2) is 18.9. The summed E-state index contributed by atoms with van der Waals surface area (Å²) in [4.78, 5) is 33.5. The molecule has 0 spiro atoms. The molecular formula is C21H34O8. The molecule has 0 amide bonds. The Morgan fingerprint density at radius 2 is 1.03 bits per heavy atom. The molecule has 0 bridgehead atoms. The molecule has 0 saturated heterocycles. The monoisotopic (exact) mass is 414 g/mol. The van der Waals surface area contributed by atoms with E-state index < -0.39 is 23.3 Å². The smallest absolute Gasteiger partial charge is 0.330 e. The van der Waals surface area contributed by atoms with Crippen molar-refractivity contribution in [1.29, 1.82) is 0 Å². The molecule has 0 heterocycles. The number of rotatable bonds is 15. The van der Waals surface area contributed by atoms with Gasteiger partial charge in [-0.2, -0.15) is 0 Å². The van der Waals surface area contributed by atoms with E-state index in [1.807, 2.05) is 0 Å². The highest BCUT2D eigenvalue weighted by atomic mass is 16.6. The van der Waals surface area contributed by atoms with Crippen molar-refractivity contribution in [2.75, 3.05) is 33.0 Å². The molecule has 0 unspecified atom stereocenters. The highest BCUT2D eigenvalue weighted by molar-refractivity contribution is 5.82. The van der Waals surface area contributed by atoms with E-state index in [9.17, 15) is 14.4 Å². The number of aliphatic hydroxyl groups excluding tert-OH is 2. The van der Waals surface area contributed by atoms with Crippen LogP contribution in [-0.4, -0.2) is 61.2 Å². The minimum Gasteiger partial charge on any atom is -0.462 e. The van der Waals surface area contributed by atoms with Crippen molar-refractivity contribution < 1.29 is 38.8 Å². The van der Waals surface area contributed by atoms with Crippen molar-refractivity contribution in [3.8, 4) is 0 Å². The van der Waals surface area contributed by atoms with Crippen molar-refractivity contribution in [3.05, 3.63) is 38.0 Å². The molecule has 0 aromatic carbocycles. The lowest BCUT2D eigenvalue weighted by Gasteiger charge is -2.30. The maximum Gasteiger partial charge on any atom is 0.330 e. The number of ether oxygens (including phenoxy) is 3. The van der Waals surface area contributed by atoms with Gasteiger partial charge in [-0.15, -0.1) is 0 Å². The van der Waals surface area contributed by atoms with Gasteiger partial charge in [0.05, 0.1) is 5.41 Å². The Bertz CT molecular complexity index is 447. The van der Waals surface area contributed by atoms with Crippen molar-refractivity contribution >= 4 is 17.9 Å². The molecular weight excluding hydrogens is 380 g/mol. The van der Waals surface area contributed by atoms with Gasteiger partial charge in [0.1, 0.15) is 19.8 Å². The highest BCUT2D eigenvalue weighted by Crippen LogP contribution is 2.24. The van der Waals surface area contributed by atoms with Gasteiger partial charge < -0.3 is 24.4 Å². The summed E-state index contributed by atoms with van der Waals surface area (Å²) < 4.78 is 15.0. The molecule has 0 fully saturated rings. The molecule has 29 heavy (non-hydrogen) atoms. The van der Waals surface area contributed by atoms with E-state index in [1.165, 1.54) is 0 Å². The van der Waals surface area contributed by atoms with Gasteiger partial charge in [0.2, 0.25) is 0 Å². The third-order valence-corrected chi connectivity index (χ3v) is 3.88. The molecule has 0 aliphatic carbocycles. The van der Waals surface area contributed by atoms with Crippen molar-refractivity contribution in [2.45, 2.75) is 39.0 Å². The van der Waals surface area contributed by atoms with Crippen molar-refractivity contribution in [3.63, 3.8) is 0 Å². The predicted octanol–water partition coefficient (Wildman–Crippen LogP) is 2.10. The fraction of sp³-hybridized carbons (Fsp3) is 0.571. The Kier molecular flexibility index (Phi) is 18.7. The first kappa shape index (κ1) is 28.8. The summed E-state index contributed by atoms with van der Waals surface area (Å²) in [6.07, 6.45) is 7.34. The zero-order valence-electron chi connectivity index (χ0n) is 17.3. The van der Waals surface area contributed by atoms with E-state index in [2.05, 4.69) is 19.7 Å². The van der Waals surface area contributed by atoms with Gasteiger partial charge >= 0.3 is 17.9 Å². The Morgan fingerprint density at radius 1 is 0.724 bits per heavy atom. The molecule has 0 rings (SSSR count). The van der Waals surface area contributed by atoms with Crippen molar-refractivity contribution in [1.82, 2.24) is 0 Å². The van der Waals surface area contributed by atoms with Gasteiger partial charge in [-0.05, 0) is 19.3 Å². The lowest BCUT2D eigenvalue weighted by Crippen LogP contribution is -2.38. The molecule has 0 aliphatic rings. The summed E-state index contributed by atoms with van der Waals surface area (Å²) in [7, 11) is 0. The maximum atomic E-state index is 11.2. The number of carbonyl (C=O) groups is 3. The second-order valence-corrected chi connectivity index (χ2v) is 6.15. The maximum absolute atomic E-state index is 11.2. The molecule has 0 saturated carbocycles. The molecule has 2 N–H and O–H groups in total. The molecule has 0 aromatic heterocycles. The van der Waals surface area contributed by atoms with Gasteiger partial charge in [-0.1, -0.05) is 39.5 Å². The summed E-state index contributed by atoms with van der Waals surface area (Å²) in [5.74, 6) is -1.84. The molecule has 0 radical (unpaired) electrons. The third kappa shape index (κ3) is 16.2. The van der Waals surface area contributed by atoms with Crippen LogP contribution in [0.3, 0.4) is 0 Å². The van der Waals surface area contributed by atoms with Crippen molar-refractivity contribution in [2.24, 2.45) is 5.41 Å². The van der Waals surface area contributed by atoms with E-state index in [4.69, 9.17) is 24.4 Å². The third-order valence-electron chi connectivity index (χ3n) is 3.88. The van der Waals surface area contributed by atoms with E-state index in [0.29, 0.717) is 6.42 Å². The van der Waals surface area contributed by atoms with Crippen LogP contribution in [0.2, 0.25) is 0 Å². The molecule has 8 nitrogen and oxygen atoms in total. The lowest BCUT2D eigenvalue weighted by molar-refractivity contribution is -0.156. The first-order valence-corrected chi connectivity index (χ1v) is 9.44. The summed E-state index contributed by atoms with van der Waals surface area (Å²) >= 11 is 0. The fourth-order valence-electron chi connectivity index (χ4n) is 1.86. The van der Waals surface area contributed by atoms with Crippen LogP contribution in [-0.2, 0) is 28.6 Å². The number of carbonyl (C=O) groups excluding carboxylic acids is 3. The minimum atomic E-state index is -0.837. The standard InChI is InChI=1S/C15H20O6.C6H14O2/c1-5-12(16)19-9-15(8-4,10-20-13(17)6-2)11-21-14(18)7-3;7-5-3-1-2-4-6-8/h5-7H,1-3,8-11H2,4H3;7-8H,1-6H2. The van der Waals surface area contributed by atoms with E-state index in [1.54, 1.807) is 6.92 Å². The van der Waals surface area contributed by atoms with Gasteiger partial charge in [-0.3, -0.25) is 0 Å². The summed E-state index contributed by atoms with van der Waals surface area (Å²) in [6, 6.07) is 0. The quantitative estimate of drug-likeness (QED) is 0.181. The first-order valence-electron chi connectivity index (χ1n) is 9.44. The fourth-order valence-corrected chi connectivity index (χ4v) is 1.86.